The van der Waals surface area contributed by atoms with E-state index in [0.29, 0.717) is 6.61 Å². The quantitative estimate of drug-likeness (QED) is 0.764. The maximum atomic E-state index is 9.65. The minimum Gasteiger partial charge on any atom is -0.494 e. The number of hydrogen-bond acceptors (Lipinski definition) is 3. The molecule has 3 nitrogen and oxygen atoms in total. The van der Waals surface area contributed by atoms with Gasteiger partial charge in [-0.25, -0.2) is 0 Å². The third kappa shape index (κ3) is 2.72. The summed E-state index contributed by atoms with van der Waals surface area (Å²) in [5, 5.41) is 9.65. The fourth-order valence-electron chi connectivity index (χ4n) is 1.23. The van der Waals surface area contributed by atoms with Crippen molar-refractivity contribution in [3.8, 4) is 5.75 Å². The van der Waals surface area contributed by atoms with Crippen LogP contribution in [0.3, 0.4) is 0 Å². The first-order chi connectivity index (χ1) is 6.65. The van der Waals surface area contributed by atoms with Crippen molar-refractivity contribution in [2.24, 2.45) is 5.73 Å². The zero-order valence-electron chi connectivity index (χ0n) is 8.60. The van der Waals surface area contributed by atoms with Crippen molar-refractivity contribution in [3.63, 3.8) is 0 Å². The van der Waals surface area contributed by atoms with Gasteiger partial charge in [0.2, 0.25) is 0 Å². The van der Waals surface area contributed by atoms with Crippen LogP contribution in [0.1, 0.15) is 25.5 Å². The summed E-state index contributed by atoms with van der Waals surface area (Å²) in [5.41, 5.74) is 6.41. The fraction of sp³-hybridized carbons (Fsp3) is 0.455. The highest BCUT2D eigenvalue weighted by Crippen LogP contribution is 2.19. The van der Waals surface area contributed by atoms with Crippen LogP contribution in [-0.2, 0) is 0 Å². The SMILES string of the molecule is CCOc1ccc(C(O)C(C)N)cc1. The number of rotatable bonds is 4. The summed E-state index contributed by atoms with van der Waals surface area (Å²) in [5.74, 6) is 0.813. The van der Waals surface area contributed by atoms with Gasteiger partial charge >= 0.3 is 0 Å². The molecule has 1 rings (SSSR count). The number of aliphatic hydroxyl groups is 1. The van der Waals surface area contributed by atoms with E-state index in [1.165, 1.54) is 0 Å². The maximum Gasteiger partial charge on any atom is 0.119 e. The Balaban J connectivity index is 2.72. The maximum absolute atomic E-state index is 9.65. The van der Waals surface area contributed by atoms with E-state index in [1.807, 2.05) is 31.2 Å². The van der Waals surface area contributed by atoms with Crippen LogP contribution in [0.15, 0.2) is 24.3 Å². The molecule has 0 aliphatic rings. The van der Waals surface area contributed by atoms with Crippen LogP contribution < -0.4 is 10.5 Å². The van der Waals surface area contributed by atoms with Gasteiger partial charge in [-0.1, -0.05) is 12.1 Å². The fourth-order valence-corrected chi connectivity index (χ4v) is 1.23. The van der Waals surface area contributed by atoms with Gasteiger partial charge in [0.05, 0.1) is 12.7 Å². The molecule has 0 saturated carbocycles. The van der Waals surface area contributed by atoms with Crippen molar-refractivity contribution in [2.75, 3.05) is 6.61 Å². The van der Waals surface area contributed by atoms with Gasteiger partial charge in [-0.3, -0.25) is 0 Å². The van der Waals surface area contributed by atoms with Gasteiger partial charge in [-0.05, 0) is 31.5 Å². The number of aliphatic hydroxyl groups excluding tert-OH is 1. The van der Waals surface area contributed by atoms with E-state index in [1.54, 1.807) is 6.92 Å². The number of hydrogen-bond donors (Lipinski definition) is 2. The minimum absolute atomic E-state index is 0.257. The van der Waals surface area contributed by atoms with Gasteiger partial charge < -0.3 is 15.6 Å². The summed E-state index contributed by atoms with van der Waals surface area (Å²) in [6.07, 6.45) is -0.606. The van der Waals surface area contributed by atoms with Crippen molar-refractivity contribution >= 4 is 0 Å². The van der Waals surface area contributed by atoms with Gasteiger partial charge in [-0.2, -0.15) is 0 Å². The van der Waals surface area contributed by atoms with E-state index in [4.69, 9.17) is 10.5 Å². The predicted octanol–water partition coefficient (Wildman–Crippen LogP) is 1.47. The molecule has 0 aliphatic heterocycles. The van der Waals surface area contributed by atoms with Gasteiger partial charge in [0.15, 0.2) is 0 Å². The molecular weight excluding hydrogens is 178 g/mol. The smallest absolute Gasteiger partial charge is 0.119 e. The van der Waals surface area contributed by atoms with Crippen molar-refractivity contribution in [1.82, 2.24) is 0 Å². The summed E-state index contributed by atoms with van der Waals surface area (Å²) in [6, 6.07) is 7.08. The third-order valence-corrected chi connectivity index (χ3v) is 2.03. The molecule has 0 amide bonds. The van der Waals surface area contributed by atoms with Gasteiger partial charge in [0, 0.05) is 6.04 Å². The predicted molar refractivity (Wildman–Crippen MR) is 56.2 cm³/mol. The Bertz CT molecular complexity index is 269. The lowest BCUT2D eigenvalue weighted by Crippen LogP contribution is -2.24. The lowest BCUT2D eigenvalue weighted by atomic mass is 10.0. The second-order valence-electron chi connectivity index (χ2n) is 3.31. The van der Waals surface area contributed by atoms with Gasteiger partial charge in [0.25, 0.3) is 0 Å². The molecule has 3 heteroatoms. The van der Waals surface area contributed by atoms with Crippen molar-refractivity contribution in [3.05, 3.63) is 29.8 Å². The van der Waals surface area contributed by atoms with E-state index >= 15 is 0 Å². The van der Waals surface area contributed by atoms with Crippen LogP contribution in [0.5, 0.6) is 5.75 Å². The average molecular weight is 195 g/mol. The summed E-state index contributed by atoms with van der Waals surface area (Å²) < 4.78 is 5.29. The molecule has 0 bridgehead atoms. The molecule has 2 atom stereocenters. The molecule has 0 heterocycles. The molecule has 3 N–H and O–H groups in total. The topological polar surface area (TPSA) is 55.5 Å². The minimum atomic E-state index is -0.606. The highest BCUT2D eigenvalue weighted by molar-refractivity contribution is 5.28. The Hall–Kier alpha value is -1.06. The van der Waals surface area contributed by atoms with Gasteiger partial charge in [0.1, 0.15) is 5.75 Å². The molecule has 0 spiro atoms. The van der Waals surface area contributed by atoms with E-state index in [2.05, 4.69) is 0 Å². The highest BCUT2D eigenvalue weighted by Gasteiger charge is 2.11. The molecule has 2 unspecified atom stereocenters. The van der Waals surface area contributed by atoms with Gasteiger partial charge in [-0.15, -0.1) is 0 Å². The standard InChI is InChI=1S/C11H17NO2/c1-3-14-10-6-4-9(5-7-10)11(13)8(2)12/h4-8,11,13H,3,12H2,1-2H3. The monoisotopic (exact) mass is 195 g/mol. The first-order valence-corrected chi connectivity index (χ1v) is 4.81. The van der Waals surface area contributed by atoms with Crippen LogP contribution >= 0.6 is 0 Å². The Labute approximate surface area is 84.5 Å². The first-order valence-electron chi connectivity index (χ1n) is 4.81. The lowest BCUT2D eigenvalue weighted by molar-refractivity contribution is 0.153. The first kappa shape index (κ1) is 11.0. The molecule has 0 saturated heterocycles. The van der Waals surface area contributed by atoms with Crippen LogP contribution in [0, 0.1) is 0 Å². The summed E-state index contributed by atoms with van der Waals surface area (Å²) in [6.45, 7) is 4.36. The zero-order chi connectivity index (χ0) is 10.6. The Morgan fingerprint density at radius 1 is 1.36 bits per heavy atom. The third-order valence-electron chi connectivity index (χ3n) is 2.03. The summed E-state index contributed by atoms with van der Waals surface area (Å²) in [4.78, 5) is 0. The van der Waals surface area contributed by atoms with Crippen molar-refractivity contribution < 1.29 is 9.84 Å². The largest absolute Gasteiger partial charge is 0.494 e. The molecule has 1 aromatic rings. The summed E-state index contributed by atoms with van der Waals surface area (Å²) >= 11 is 0. The highest BCUT2D eigenvalue weighted by atomic mass is 16.5. The Kier molecular flexibility index (Phi) is 3.92. The summed E-state index contributed by atoms with van der Waals surface area (Å²) in [7, 11) is 0. The van der Waals surface area contributed by atoms with Crippen molar-refractivity contribution in [2.45, 2.75) is 26.0 Å². The second-order valence-corrected chi connectivity index (χ2v) is 3.31. The lowest BCUT2D eigenvalue weighted by Gasteiger charge is -2.15. The van der Waals surface area contributed by atoms with E-state index in [9.17, 15) is 5.11 Å². The molecule has 0 radical (unpaired) electrons. The average Bonchev–Trinajstić information content (AvgIpc) is 2.18. The van der Waals surface area contributed by atoms with Crippen molar-refractivity contribution in [1.29, 1.82) is 0 Å². The van der Waals surface area contributed by atoms with E-state index in [0.717, 1.165) is 11.3 Å². The molecule has 78 valence electrons. The molecule has 0 aliphatic carbocycles. The number of ether oxygens (including phenoxy) is 1. The molecule has 0 aromatic heterocycles. The molecule has 1 aromatic carbocycles. The number of benzene rings is 1. The number of nitrogens with two attached hydrogens (primary N) is 1. The zero-order valence-corrected chi connectivity index (χ0v) is 8.60. The van der Waals surface area contributed by atoms with Crippen LogP contribution in [0.4, 0.5) is 0 Å². The van der Waals surface area contributed by atoms with E-state index in [-0.39, 0.29) is 6.04 Å². The molecule has 14 heavy (non-hydrogen) atoms. The Morgan fingerprint density at radius 3 is 2.36 bits per heavy atom. The second kappa shape index (κ2) is 4.98. The molecular formula is C11H17NO2. The van der Waals surface area contributed by atoms with E-state index < -0.39 is 6.10 Å². The molecule has 0 fully saturated rings. The normalized spacial score (nSPS) is 14.9. The van der Waals surface area contributed by atoms with Crippen LogP contribution in [0.25, 0.3) is 0 Å². The van der Waals surface area contributed by atoms with Crippen LogP contribution in [-0.4, -0.2) is 17.8 Å². The Morgan fingerprint density at radius 2 is 1.93 bits per heavy atom. The van der Waals surface area contributed by atoms with Crippen LogP contribution in [0.2, 0.25) is 0 Å².